The second kappa shape index (κ2) is 4.08. The van der Waals surface area contributed by atoms with Crippen LogP contribution in [0.5, 0.6) is 0 Å². The highest BCUT2D eigenvalue weighted by atomic mass is 19.4. The van der Waals surface area contributed by atoms with Crippen molar-refractivity contribution in [1.82, 2.24) is 14.8 Å². The molecule has 2 N–H and O–H groups in total. The number of nitrogen functional groups attached to an aromatic ring is 1. The van der Waals surface area contributed by atoms with Crippen LogP contribution < -0.4 is 5.73 Å². The third kappa shape index (κ3) is 2.74. The third-order valence-corrected chi connectivity index (χ3v) is 2.12. The Hall–Kier alpha value is -2.05. The maximum atomic E-state index is 12.2. The second-order valence-electron chi connectivity index (χ2n) is 3.46. The van der Waals surface area contributed by atoms with Crippen LogP contribution in [0.1, 0.15) is 0 Å². The lowest BCUT2D eigenvalue weighted by Crippen LogP contribution is -2.19. The number of nitrogens with zero attached hydrogens (tertiary/aromatic N) is 3. The Balaban J connectivity index is 2.31. The van der Waals surface area contributed by atoms with E-state index in [4.69, 9.17) is 5.73 Å². The Morgan fingerprint density at radius 2 is 1.88 bits per heavy atom. The average Bonchev–Trinajstić information content (AvgIpc) is 2.59. The smallest absolute Gasteiger partial charge is 0.384 e. The van der Waals surface area contributed by atoms with Gasteiger partial charge in [0.15, 0.2) is 0 Å². The van der Waals surface area contributed by atoms with Crippen molar-refractivity contribution in [3.8, 4) is 11.3 Å². The van der Waals surface area contributed by atoms with Crippen LogP contribution in [0.15, 0.2) is 30.6 Å². The molecule has 0 saturated carbocycles. The fraction of sp³-hybridized carbons (Fsp3) is 0.200. The molecule has 2 rings (SSSR count). The molecule has 2 heterocycles. The van der Waals surface area contributed by atoms with E-state index in [0.717, 1.165) is 4.68 Å². The maximum Gasteiger partial charge on any atom is 0.408 e. The van der Waals surface area contributed by atoms with Gasteiger partial charge in [0.1, 0.15) is 12.4 Å². The number of anilines is 1. The van der Waals surface area contributed by atoms with Crippen molar-refractivity contribution in [3.05, 3.63) is 30.6 Å². The largest absolute Gasteiger partial charge is 0.408 e. The molecule has 0 aliphatic carbocycles. The highest BCUT2D eigenvalue weighted by Gasteiger charge is 2.29. The summed E-state index contributed by atoms with van der Waals surface area (Å²) in [6, 6.07) is 4.71. The van der Waals surface area contributed by atoms with Crippen molar-refractivity contribution in [2.75, 3.05) is 5.73 Å². The number of alkyl halides is 3. The minimum absolute atomic E-state index is 0.0193. The molecule has 17 heavy (non-hydrogen) atoms. The van der Waals surface area contributed by atoms with E-state index >= 15 is 0 Å². The summed E-state index contributed by atoms with van der Waals surface area (Å²) in [4.78, 5) is 3.81. The molecule has 0 saturated heterocycles. The summed E-state index contributed by atoms with van der Waals surface area (Å²) in [6.45, 7) is -1.19. The van der Waals surface area contributed by atoms with Gasteiger partial charge in [0.25, 0.3) is 0 Å². The Morgan fingerprint density at radius 1 is 1.24 bits per heavy atom. The SMILES string of the molecule is Nc1cc(-c2ccncc2)nn1CC(F)(F)F. The van der Waals surface area contributed by atoms with E-state index in [-0.39, 0.29) is 5.82 Å². The van der Waals surface area contributed by atoms with Gasteiger partial charge in [-0.3, -0.25) is 4.98 Å². The first-order valence-electron chi connectivity index (χ1n) is 4.76. The maximum absolute atomic E-state index is 12.2. The van der Waals surface area contributed by atoms with Gasteiger partial charge in [-0.15, -0.1) is 0 Å². The van der Waals surface area contributed by atoms with Crippen LogP contribution in [0.2, 0.25) is 0 Å². The highest BCUT2D eigenvalue weighted by Crippen LogP contribution is 2.23. The first-order valence-corrected chi connectivity index (χ1v) is 4.76. The van der Waals surface area contributed by atoms with E-state index in [2.05, 4.69) is 10.1 Å². The number of aromatic nitrogens is 3. The number of hydrogen-bond acceptors (Lipinski definition) is 3. The van der Waals surface area contributed by atoms with Gasteiger partial charge in [-0.2, -0.15) is 18.3 Å². The molecule has 2 aromatic rings. The topological polar surface area (TPSA) is 56.7 Å². The fourth-order valence-electron chi connectivity index (χ4n) is 1.39. The van der Waals surface area contributed by atoms with Gasteiger partial charge in [-0.05, 0) is 12.1 Å². The Kier molecular flexibility index (Phi) is 2.74. The van der Waals surface area contributed by atoms with Gasteiger partial charge in [-0.1, -0.05) is 0 Å². The number of pyridine rings is 1. The van der Waals surface area contributed by atoms with E-state index in [1.807, 2.05) is 0 Å². The second-order valence-corrected chi connectivity index (χ2v) is 3.46. The molecule has 0 bridgehead atoms. The van der Waals surface area contributed by atoms with E-state index in [9.17, 15) is 13.2 Å². The first kappa shape index (κ1) is 11.4. The predicted octanol–water partition coefficient (Wildman–Crippen LogP) is 2.09. The van der Waals surface area contributed by atoms with Crippen LogP contribution in [-0.2, 0) is 6.54 Å². The van der Waals surface area contributed by atoms with Crippen LogP contribution in [-0.4, -0.2) is 20.9 Å². The summed E-state index contributed by atoms with van der Waals surface area (Å²) in [6.07, 6.45) is -1.27. The summed E-state index contributed by atoms with van der Waals surface area (Å²) >= 11 is 0. The molecule has 0 aliphatic heterocycles. The molecular formula is C10H9F3N4. The summed E-state index contributed by atoms with van der Waals surface area (Å²) in [5.74, 6) is -0.0193. The van der Waals surface area contributed by atoms with Crippen molar-refractivity contribution in [3.63, 3.8) is 0 Å². The normalized spacial score (nSPS) is 11.7. The zero-order valence-electron chi connectivity index (χ0n) is 8.65. The lowest BCUT2D eigenvalue weighted by Gasteiger charge is -2.07. The van der Waals surface area contributed by atoms with Gasteiger partial charge < -0.3 is 5.73 Å². The molecule has 90 valence electrons. The van der Waals surface area contributed by atoms with Crippen LogP contribution in [0.25, 0.3) is 11.3 Å². The Morgan fingerprint density at radius 3 is 2.47 bits per heavy atom. The van der Waals surface area contributed by atoms with E-state index < -0.39 is 12.7 Å². The molecule has 0 amide bonds. The lowest BCUT2D eigenvalue weighted by atomic mass is 10.2. The van der Waals surface area contributed by atoms with E-state index in [1.54, 1.807) is 12.1 Å². The van der Waals surface area contributed by atoms with Gasteiger partial charge in [-0.25, -0.2) is 4.68 Å². The monoisotopic (exact) mass is 242 g/mol. The molecule has 7 heteroatoms. The van der Waals surface area contributed by atoms with Gasteiger partial charge >= 0.3 is 6.18 Å². The van der Waals surface area contributed by atoms with Gasteiger partial charge in [0, 0.05) is 24.0 Å². The fourth-order valence-corrected chi connectivity index (χ4v) is 1.39. The average molecular weight is 242 g/mol. The standard InChI is InChI=1S/C10H9F3N4/c11-10(12,13)6-17-9(14)5-8(16-17)7-1-3-15-4-2-7/h1-5H,6,14H2. The molecule has 2 aromatic heterocycles. The zero-order valence-corrected chi connectivity index (χ0v) is 8.65. The predicted molar refractivity (Wildman–Crippen MR) is 55.9 cm³/mol. The Bertz CT molecular complexity index is 504. The molecule has 0 aliphatic rings. The summed E-state index contributed by atoms with van der Waals surface area (Å²) < 4.78 is 37.4. The Labute approximate surface area is 94.9 Å². The van der Waals surface area contributed by atoms with Crippen molar-refractivity contribution in [2.45, 2.75) is 12.7 Å². The third-order valence-electron chi connectivity index (χ3n) is 2.12. The van der Waals surface area contributed by atoms with Gasteiger partial charge in [0.05, 0.1) is 5.69 Å². The number of halogens is 3. The summed E-state index contributed by atoms with van der Waals surface area (Å²) in [7, 11) is 0. The van der Waals surface area contributed by atoms with Crippen LogP contribution in [0, 0.1) is 0 Å². The molecule has 4 nitrogen and oxygen atoms in total. The lowest BCUT2D eigenvalue weighted by molar-refractivity contribution is -0.142. The zero-order chi connectivity index (χ0) is 12.5. The molecule has 0 spiro atoms. The van der Waals surface area contributed by atoms with E-state index in [0.29, 0.717) is 11.3 Å². The van der Waals surface area contributed by atoms with Crippen LogP contribution in [0.3, 0.4) is 0 Å². The molecule has 0 atom stereocenters. The van der Waals surface area contributed by atoms with Crippen LogP contribution >= 0.6 is 0 Å². The van der Waals surface area contributed by atoms with Crippen molar-refractivity contribution < 1.29 is 13.2 Å². The molecular weight excluding hydrogens is 233 g/mol. The molecule has 0 aromatic carbocycles. The minimum Gasteiger partial charge on any atom is -0.384 e. The first-order chi connectivity index (χ1) is 7.96. The number of rotatable bonds is 2. The number of nitrogens with two attached hydrogens (primary N) is 1. The van der Waals surface area contributed by atoms with Crippen LogP contribution in [0.4, 0.5) is 19.0 Å². The minimum atomic E-state index is -4.34. The van der Waals surface area contributed by atoms with Crippen molar-refractivity contribution >= 4 is 5.82 Å². The quantitative estimate of drug-likeness (QED) is 0.877. The number of hydrogen-bond donors (Lipinski definition) is 1. The van der Waals surface area contributed by atoms with Gasteiger partial charge in [0.2, 0.25) is 0 Å². The van der Waals surface area contributed by atoms with Crippen molar-refractivity contribution in [2.24, 2.45) is 0 Å². The molecule has 0 radical (unpaired) electrons. The summed E-state index contributed by atoms with van der Waals surface area (Å²) in [5.41, 5.74) is 6.54. The van der Waals surface area contributed by atoms with Crippen molar-refractivity contribution in [1.29, 1.82) is 0 Å². The molecule has 0 fully saturated rings. The highest BCUT2D eigenvalue weighted by molar-refractivity contribution is 5.61. The van der Waals surface area contributed by atoms with E-state index in [1.165, 1.54) is 18.5 Å². The summed E-state index contributed by atoms with van der Waals surface area (Å²) in [5, 5.41) is 3.81. The molecule has 0 unspecified atom stereocenters.